The van der Waals surface area contributed by atoms with Crippen LogP contribution in [0.1, 0.15) is 83.2 Å². The standard InChI is InChI=1S/C32H31N/c1-21-10-6-7-13-25-26-14-8-9-15-28(26)32(21)30-18-24(16-17-27(25)30)31-19-29(22(2)20-33-31)23-11-4-3-5-12-23/h6-10,13-20,23,25,32H,1,3-5,11-12H2,2H3/b10-6-,13-7-. The van der Waals surface area contributed by atoms with Crippen molar-refractivity contribution in [3.63, 3.8) is 0 Å². The Hall–Kier alpha value is -3.19. The first kappa shape index (κ1) is 20.4. The van der Waals surface area contributed by atoms with E-state index >= 15 is 0 Å². The van der Waals surface area contributed by atoms with Gasteiger partial charge in [-0.3, -0.25) is 4.98 Å². The largest absolute Gasteiger partial charge is 0.256 e. The first-order valence-electron chi connectivity index (χ1n) is 12.4. The summed E-state index contributed by atoms with van der Waals surface area (Å²) in [6.07, 6.45) is 17.6. The van der Waals surface area contributed by atoms with Crippen LogP contribution < -0.4 is 0 Å². The predicted molar refractivity (Wildman–Crippen MR) is 138 cm³/mol. The van der Waals surface area contributed by atoms with Crippen molar-refractivity contribution in [2.24, 2.45) is 0 Å². The highest BCUT2D eigenvalue weighted by atomic mass is 14.7. The smallest absolute Gasteiger partial charge is 0.0705 e. The molecule has 1 nitrogen and oxygen atoms in total. The fourth-order valence-electron chi connectivity index (χ4n) is 6.27. The summed E-state index contributed by atoms with van der Waals surface area (Å²) in [5, 5.41) is 0. The van der Waals surface area contributed by atoms with Crippen molar-refractivity contribution in [3.8, 4) is 11.3 Å². The Morgan fingerprint density at radius 2 is 1.61 bits per heavy atom. The Morgan fingerprint density at radius 1 is 0.818 bits per heavy atom. The van der Waals surface area contributed by atoms with Crippen molar-refractivity contribution >= 4 is 0 Å². The molecule has 2 unspecified atom stereocenters. The zero-order valence-electron chi connectivity index (χ0n) is 19.4. The molecule has 3 aliphatic rings. The average molecular weight is 430 g/mol. The van der Waals surface area contributed by atoms with Crippen molar-refractivity contribution in [2.45, 2.75) is 56.8 Å². The molecular weight excluding hydrogens is 398 g/mol. The molecule has 0 spiro atoms. The summed E-state index contributed by atoms with van der Waals surface area (Å²) < 4.78 is 0. The highest BCUT2D eigenvalue weighted by Gasteiger charge is 2.32. The maximum absolute atomic E-state index is 4.89. The van der Waals surface area contributed by atoms with E-state index in [0.29, 0.717) is 5.92 Å². The highest BCUT2D eigenvalue weighted by molar-refractivity contribution is 5.68. The summed E-state index contributed by atoms with van der Waals surface area (Å²) in [4.78, 5) is 4.89. The zero-order chi connectivity index (χ0) is 22.4. The zero-order valence-corrected chi connectivity index (χ0v) is 19.4. The van der Waals surface area contributed by atoms with Crippen LogP contribution >= 0.6 is 0 Å². The van der Waals surface area contributed by atoms with Gasteiger partial charge >= 0.3 is 0 Å². The Labute approximate surface area is 197 Å². The number of aromatic nitrogens is 1. The fraction of sp³-hybridized carbons (Fsp3) is 0.281. The molecule has 1 heteroatoms. The number of fused-ring (bicyclic) bond motifs is 3. The Kier molecular flexibility index (Phi) is 5.14. The number of pyridine rings is 1. The van der Waals surface area contributed by atoms with Crippen LogP contribution in [0.2, 0.25) is 0 Å². The SMILES string of the molecule is C=C1/C=C\C=C/C2c3ccccc3C1c1cc(-c3cc(C4CCCCC4)c(C)cn3)ccc12. The molecule has 0 amide bonds. The van der Waals surface area contributed by atoms with Gasteiger partial charge < -0.3 is 0 Å². The normalized spacial score (nSPS) is 23.7. The van der Waals surface area contributed by atoms with Gasteiger partial charge in [-0.15, -0.1) is 0 Å². The van der Waals surface area contributed by atoms with Crippen LogP contribution in [0.25, 0.3) is 11.3 Å². The Morgan fingerprint density at radius 3 is 2.45 bits per heavy atom. The van der Waals surface area contributed by atoms with E-state index in [-0.39, 0.29) is 11.8 Å². The molecular formula is C32H31N. The van der Waals surface area contributed by atoms with E-state index in [9.17, 15) is 0 Å². The molecule has 1 aromatic heterocycles. The maximum Gasteiger partial charge on any atom is 0.0705 e. The second-order valence-electron chi connectivity index (χ2n) is 9.96. The molecule has 1 fully saturated rings. The van der Waals surface area contributed by atoms with Crippen LogP contribution in [0, 0.1) is 6.92 Å². The lowest BCUT2D eigenvalue weighted by atomic mass is 9.70. The van der Waals surface area contributed by atoms with E-state index < -0.39 is 0 Å². The van der Waals surface area contributed by atoms with Crippen molar-refractivity contribution in [3.05, 3.63) is 125 Å². The number of hydrogen-bond acceptors (Lipinski definition) is 1. The van der Waals surface area contributed by atoms with Gasteiger partial charge in [0.2, 0.25) is 0 Å². The molecule has 33 heavy (non-hydrogen) atoms. The third-order valence-electron chi connectivity index (χ3n) is 7.96. The predicted octanol–water partition coefficient (Wildman–Crippen LogP) is 8.36. The van der Waals surface area contributed by atoms with Crippen LogP contribution in [0.15, 0.2) is 91.2 Å². The lowest BCUT2D eigenvalue weighted by Gasteiger charge is -2.33. The van der Waals surface area contributed by atoms with Crippen LogP contribution in [0.4, 0.5) is 0 Å². The van der Waals surface area contributed by atoms with Gasteiger partial charge in [-0.1, -0.05) is 86.5 Å². The third kappa shape index (κ3) is 3.51. The third-order valence-corrected chi connectivity index (χ3v) is 7.96. The average Bonchev–Trinajstić information content (AvgIpc) is 2.97. The molecule has 3 aromatic rings. The number of rotatable bonds is 2. The molecule has 0 saturated heterocycles. The number of benzene rings is 2. The van der Waals surface area contributed by atoms with E-state index in [4.69, 9.17) is 4.98 Å². The minimum atomic E-state index is 0.187. The summed E-state index contributed by atoms with van der Waals surface area (Å²) in [6.45, 7) is 6.71. The number of hydrogen-bond donors (Lipinski definition) is 0. The summed E-state index contributed by atoms with van der Waals surface area (Å²) in [6, 6.07) is 18.3. The van der Waals surface area contributed by atoms with Gasteiger partial charge in [-0.25, -0.2) is 0 Å². The van der Waals surface area contributed by atoms with E-state index in [1.54, 1.807) is 0 Å². The summed E-state index contributed by atoms with van der Waals surface area (Å²) in [5.74, 6) is 1.15. The van der Waals surface area contributed by atoms with Gasteiger partial charge in [-0.05, 0) is 76.8 Å². The van der Waals surface area contributed by atoms with Crippen LogP contribution in [0.5, 0.6) is 0 Å². The highest BCUT2D eigenvalue weighted by Crippen LogP contribution is 2.48. The maximum atomic E-state index is 4.89. The molecule has 0 N–H and O–H groups in total. The monoisotopic (exact) mass is 429 g/mol. The molecule has 1 heterocycles. The van der Waals surface area contributed by atoms with Gasteiger partial charge in [-0.2, -0.15) is 0 Å². The lowest BCUT2D eigenvalue weighted by molar-refractivity contribution is 0.442. The Bertz CT molecular complexity index is 1290. The van der Waals surface area contributed by atoms with Gasteiger partial charge in [0.15, 0.2) is 0 Å². The second kappa shape index (κ2) is 8.30. The minimum Gasteiger partial charge on any atom is -0.256 e. The van der Waals surface area contributed by atoms with Crippen LogP contribution in [0.3, 0.4) is 0 Å². The van der Waals surface area contributed by atoms with E-state index in [1.165, 1.54) is 71.0 Å². The van der Waals surface area contributed by atoms with Crippen LogP contribution in [-0.4, -0.2) is 4.98 Å². The molecule has 2 atom stereocenters. The van der Waals surface area contributed by atoms with E-state index in [1.807, 2.05) is 0 Å². The molecule has 0 radical (unpaired) electrons. The number of aryl methyl sites for hydroxylation is 1. The number of allylic oxidation sites excluding steroid dienone is 5. The van der Waals surface area contributed by atoms with Gasteiger partial charge in [0.05, 0.1) is 5.69 Å². The fourth-order valence-corrected chi connectivity index (χ4v) is 6.27. The molecule has 0 aliphatic heterocycles. The molecule has 2 aromatic carbocycles. The first-order chi connectivity index (χ1) is 16.2. The molecule has 2 bridgehead atoms. The lowest BCUT2D eigenvalue weighted by Crippen LogP contribution is -2.18. The topological polar surface area (TPSA) is 12.9 Å². The molecule has 3 aliphatic carbocycles. The minimum absolute atomic E-state index is 0.187. The Balaban J connectivity index is 1.48. The summed E-state index contributed by atoms with van der Waals surface area (Å²) >= 11 is 0. The van der Waals surface area contributed by atoms with Gasteiger partial charge in [0.25, 0.3) is 0 Å². The van der Waals surface area contributed by atoms with Gasteiger partial charge in [0, 0.05) is 23.6 Å². The van der Waals surface area contributed by atoms with Crippen molar-refractivity contribution in [1.29, 1.82) is 0 Å². The quantitative estimate of drug-likeness (QED) is 0.399. The van der Waals surface area contributed by atoms with Crippen molar-refractivity contribution in [1.82, 2.24) is 4.98 Å². The molecule has 1 saturated carbocycles. The van der Waals surface area contributed by atoms with E-state index in [2.05, 4.69) is 92.5 Å². The van der Waals surface area contributed by atoms with Crippen LogP contribution in [-0.2, 0) is 0 Å². The van der Waals surface area contributed by atoms with E-state index in [0.717, 1.165) is 11.3 Å². The van der Waals surface area contributed by atoms with Crippen molar-refractivity contribution in [2.75, 3.05) is 0 Å². The summed E-state index contributed by atoms with van der Waals surface area (Å²) in [7, 11) is 0. The van der Waals surface area contributed by atoms with Crippen molar-refractivity contribution < 1.29 is 0 Å². The number of nitrogens with zero attached hydrogens (tertiary/aromatic N) is 1. The van der Waals surface area contributed by atoms with Gasteiger partial charge in [0.1, 0.15) is 0 Å². The summed E-state index contributed by atoms with van der Waals surface area (Å²) in [5.41, 5.74) is 11.9. The molecule has 6 rings (SSSR count). The first-order valence-corrected chi connectivity index (χ1v) is 12.4. The second-order valence-corrected chi connectivity index (χ2v) is 9.96. The molecule has 164 valence electrons.